The van der Waals surface area contributed by atoms with Gasteiger partial charge in [0.2, 0.25) is 5.91 Å². The molecule has 0 aromatic heterocycles. The Balaban J connectivity index is 1.52. The van der Waals surface area contributed by atoms with E-state index in [1.165, 1.54) is 0 Å². The Morgan fingerprint density at radius 1 is 1.04 bits per heavy atom. The minimum absolute atomic E-state index is 0.0793. The van der Waals surface area contributed by atoms with E-state index in [9.17, 15) is 4.79 Å². The van der Waals surface area contributed by atoms with Crippen molar-refractivity contribution in [3.05, 3.63) is 58.6 Å². The molecule has 0 saturated heterocycles. The standard InChI is InChI=1S/C22H24ClNO3/c1-15(16-4-9-19-20(14-16)27-13-3-12-26-19)24-21(25)22(10-2-11-22)17-5-7-18(23)8-6-17/h4-9,14-15H,2-3,10-13H2,1H3,(H,24,25). The number of hydrogen-bond donors (Lipinski definition) is 1. The lowest BCUT2D eigenvalue weighted by atomic mass is 9.63. The molecule has 1 unspecified atom stereocenters. The van der Waals surface area contributed by atoms with E-state index >= 15 is 0 Å². The van der Waals surface area contributed by atoms with Crippen molar-refractivity contribution in [3.63, 3.8) is 0 Å². The SMILES string of the molecule is CC(NC(=O)C1(c2ccc(Cl)cc2)CCC1)c1ccc2c(c1)OCCCO2. The van der Waals surface area contributed by atoms with Gasteiger partial charge in [-0.05, 0) is 55.2 Å². The molecule has 142 valence electrons. The molecule has 1 N–H and O–H groups in total. The normalized spacial score (nSPS) is 18.7. The third-order valence-corrected chi connectivity index (χ3v) is 5.91. The molecule has 1 aliphatic carbocycles. The number of ether oxygens (including phenoxy) is 2. The number of hydrogen-bond acceptors (Lipinski definition) is 3. The second-order valence-corrected chi connectivity index (χ2v) is 7.83. The summed E-state index contributed by atoms with van der Waals surface area (Å²) in [4.78, 5) is 13.2. The number of amides is 1. The number of rotatable bonds is 4. The molecular formula is C22H24ClNO3. The van der Waals surface area contributed by atoms with Crippen molar-refractivity contribution in [1.29, 1.82) is 0 Å². The van der Waals surface area contributed by atoms with Gasteiger partial charge in [-0.1, -0.05) is 36.2 Å². The van der Waals surface area contributed by atoms with E-state index in [1.54, 1.807) is 0 Å². The zero-order valence-corrected chi connectivity index (χ0v) is 16.2. The molecule has 1 fully saturated rings. The first-order valence-corrected chi connectivity index (χ1v) is 9.93. The van der Waals surface area contributed by atoms with E-state index in [0.29, 0.717) is 18.2 Å². The summed E-state index contributed by atoms with van der Waals surface area (Å²) >= 11 is 6.01. The van der Waals surface area contributed by atoms with Crippen LogP contribution in [0.25, 0.3) is 0 Å². The fourth-order valence-electron chi connectivity index (χ4n) is 3.81. The van der Waals surface area contributed by atoms with Crippen LogP contribution in [0.4, 0.5) is 0 Å². The van der Waals surface area contributed by atoms with Gasteiger partial charge in [-0.25, -0.2) is 0 Å². The van der Waals surface area contributed by atoms with E-state index in [2.05, 4.69) is 5.32 Å². The second kappa shape index (κ2) is 7.43. The van der Waals surface area contributed by atoms with Crippen molar-refractivity contribution in [2.45, 2.75) is 44.1 Å². The molecule has 0 spiro atoms. The number of carbonyl (C=O) groups excluding carboxylic acids is 1. The third kappa shape index (κ3) is 3.51. The summed E-state index contributed by atoms with van der Waals surface area (Å²) < 4.78 is 11.5. The van der Waals surface area contributed by atoms with E-state index in [1.807, 2.05) is 49.4 Å². The zero-order valence-electron chi connectivity index (χ0n) is 15.5. The third-order valence-electron chi connectivity index (χ3n) is 5.66. The molecule has 1 amide bonds. The lowest BCUT2D eigenvalue weighted by Crippen LogP contribution is -2.49. The van der Waals surface area contributed by atoms with Crippen molar-refractivity contribution in [3.8, 4) is 11.5 Å². The lowest BCUT2D eigenvalue weighted by Gasteiger charge is -2.41. The van der Waals surface area contributed by atoms with Gasteiger partial charge in [-0.2, -0.15) is 0 Å². The minimum Gasteiger partial charge on any atom is -0.490 e. The van der Waals surface area contributed by atoms with Gasteiger partial charge >= 0.3 is 0 Å². The highest BCUT2D eigenvalue weighted by Gasteiger charge is 2.45. The van der Waals surface area contributed by atoms with Gasteiger partial charge in [-0.15, -0.1) is 0 Å². The molecule has 0 radical (unpaired) electrons. The number of benzene rings is 2. The van der Waals surface area contributed by atoms with Crippen LogP contribution < -0.4 is 14.8 Å². The summed E-state index contributed by atoms with van der Waals surface area (Å²) in [5.41, 5.74) is 1.61. The highest BCUT2D eigenvalue weighted by molar-refractivity contribution is 6.30. The van der Waals surface area contributed by atoms with Gasteiger partial charge in [0.25, 0.3) is 0 Å². The molecule has 0 bridgehead atoms. The molecule has 4 nitrogen and oxygen atoms in total. The first kappa shape index (κ1) is 18.2. The van der Waals surface area contributed by atoms with E-state index in [0.717, 1.165) is 48.3 Å². The second-order valence-electron chi connectivity index (χ2n) is 7.39. The maximum absolute atomic E-state index is 13.2. The Labute approximate surface area is 164 Å². The van der Waals surface area contributed by atoms with Crippen molar-refractivity contribution in [2.24, 2.45) is 0 Å². The van der Waals surface area contributed by atoms with Crippen LogP contribution in [0.15, 0.2) is 42.5 Å². The lowest BCUT2D eigenvalue weighted by molar-refractivity contribution is -0.130. The largest absolute Gasteiger partial charge is 0.490 e. The number of fused-ring (bicyclic) bond motifs is 1. The van der Waals surface area contributed by atoms with Crippen LogP contribution >= 0.6 is 11.6 Å². The quantitative estimate of drug-likeness (QED) is 0.822. The Bertz CT molecular complexity index is 830. The van der Waals surface area contributed by atoms with Crippen molar-refractivity contribution < 1.29 is 14.3 Å². The first-order chi connectivity index (χ1) is 13.1. The Kier molecular flexibility index (Phi) is 5.00. The van der Waals surface area contributed by atoms with Gasteiger partial charge in [0.05, 0.1) is 24.7 Å². The number of nitrogens with one attached hydrogen (secondary N) is 1. The average Bonchev–Trinajstić information content (AvgIpc) is 2.87. The Morgan fingerprint density at radius 3 is 2.41 bits per heavy atom. The predicted octanol–water partition coefficient (Wildman–Crippen LogP) is 4.80. The van der Waals surface area contributed by atoms with Crippen LogP contribution in [0, 0.1) is 0 Å². The Hall–Kier alpha value is -2.20. The fraction of sp³-hybridized carbons (Fsp3) is 0.409. The topological polar surface area (TPSA) is 47.6 Å². The summed E-state index contributed by atoms with van der Waals surface area (Å²) in [5.74, 6) is 1.60. The summed E-state index contributed by atoms with van der Waals surface area (Å²) in [5, 5.41) is 3.90. The molecular weight excluding hydrogens is 362 g/mol. The highest BCUT2D eigenvalue weighted by Crippen LogP contribution is 2.44. The predicted molar refractivity (Wildman–Crippen MR) is 106 cm³/mol. The van der Waals surface area contributed by atoms with Crippen LogP contribution in [-0.2, 0) is 10.2 Å². The van der Waals surface area contributed by atoms with E-state index in [-0.39, 0.29) is 11.9 Å². The number of halogens is 1. The highest BCUT2D eigenvalue weighted by atomic mass is 35.5. The summed E-state index contributed by atoms with van der Waals surface area (Å²) in [6, 6.07) is 13.4. The molecule has 4 rings (SSSR count). The monoisotopic (exact) mass is 385 g/mol. The van der Waals surface area contributed by atoms with Gasteiger partial charge in [0.15, 0.2) is 11.5 Å². The molecule has 5 heteroatoms. The summed E-state index contributed by atoms with van der Waals surface area (Å²) in [7, 11) is 0. The average molecular weight is 386 g/mol. The molecule has 1 saturated carbocycles. The maximum Gasteiger partial charge on any atom is 0.231 e. The van der Waals surface area contributed by atoms with Crippen LogP contribution in [0.3, 0.4) is 0 Å². The van der Waals surface area contributed by atoms with Gasteiger partial charge in [0.1, 0.15) is 0 Å². The van der Waals surface area contributed by atoms with Crippen molar-refractivity contribution in [1.82, 2.24) is 5.32 Å². The Morgan fingerprint density at radius 2 is 1.74 bits per heavy atom. The van der Waals surface area contributed by atoms with Gasteiger partial charge < -0.3 is 14.8 Å². The van der Waals surface area contributed by atoms with E-state index in [4.69, 9.17) is 21.1 Å². The molecule has 2 aliphatic rings. The van der Waals surface area contributed by atoms with Crippen LogP contribution in [-0.4, -0.2) is 19.1 Å². The maximum atomic E-state index is 13.2. The van der Waals surface area contributed by atoms with Crippen molar-refractivity contribution in [2.75, 3.05) is 13.2 Å². The fourth-order valence-corrected chi connectivity index (χ4v) is 3.94. The van der Waals surface area contributed by atoms with Crippen LogP contribution in [0.5, 0.6) is 11.5 Å². The summed E-state index contributed by atoms with van der Waals surface area (Å²) in [6.07, 6.45) is 3.68. The molecule has 1 aliphatic heterocycles. The molecule has 1 heterocycles. The van der Waals surface area contributed by atoms with E-state index < -0.39 is 5.41 Å². The molecule has 27 heavy (non-hydrogen) atoms. The number of carbonyl (C=O) groups is 1. The molecule has 2 aromatic rings. The summed E-state index contributed by atoms with van der Waals surface area (Å²) in [6.45, 7) is 3.32. The van der Waals surface area contributed by atoms with Gasteiger partial charge in [0, 0.05) is 11.4 Å². The smallest absolute Gasteiger partial charge is 0.231 e. The molecule has 2 aromatic carbocycles. The first-order valence-electron chi connectivity index (χ1n) is 9.55. The van der Waals surface area contributed by atoms with Crippen LogP contribution in [0.2, 0.25) is 5.02 Å². The van der Waals surface area contributed by atoms with Crippen molar-refractivity contribution >= 4 is 17.5 Å². The zero-order chi connectivity index (χ0) is 18.9. The van der Waals surface area contributed by atoms with Gasteiger partial charge in [-0.3, -0.25) is 4.79 Å². The minimum atomic E-state index is -0.440. The van der Waals surface area contributed by atoms with Crippen LogP contribution in [0.1, 0.15) is 49.8 Å². The molecule has 1 atom stereocenters.